The average molecular weight is 512 g/mol. The number of nitrogens with zero attached hydrogens (tertiary/aromatic N) is 2. The Morgan fingerprint density at radius 3 is 2.44 bits per heavy atom. The summed E-state index contributed by atoms with van der Waals surface area (Å²) in [6.45, 7) is 5.89. The summed E-state index contributed by atoms with van der Waals surface area (Å²) in [5.74, 6) is -0.292. The van der Waals surface area contributed by atoms with Gasteiger partial charge < -0.3 is 15.0 Å². The van der Waals surface area contributed by atoms with Crippen LogP contribution in [0.3, 0.4) is 0 Å². The molecule has 172 valence electrons. The third-order valence-corrected chi connectivity index (χ3v) is 6.02. The number of anilines is 1. The minimum atomic E-state index is -4.73. The summed E-state index contributed by atoms with van der Waals surface area (Å²) < 4.78 is 40.9. The molecule has 1 N–H and O–H groups in total. The number of hydrogen-bond acceptors (Lipinski definition) is 4. The highest BCUT2D eigenvalue weighted by atomic mass is 79.9. The van der Waals surface area contributed by atoms with Gasteiger partial charge in [0.2, 0.25) is 0 Å². The Balaban J connectivity index is 1.81. The Morgan fingerprint density at radius 1 is 1.19 bits per heavy atom. The molecule has 0 unspecified atom stereocenters. The highest BCUT2D eigenvalue weighted by molar-refractivity contribution is 9.09. The monoisotopic (exact) mass is 511 g/mol. The highest BCUT2D eigenvalue weighted by Gasteiger charge is 2.31. The van der Waals surface area contributed by atoms with Crippen molar-refractivity contribution in [3.8, 4) is 5.75 Å². The molecule has 0 aliphatic carbocycles. The Bertz CT molecular complexity index is 969. The number of aliphatic imine (C=N–C) groups is 1. The van der Waals surface area contributed by atoms with Gasteiger partial charge in [0.25, 0.3) is 5.91 Å². The smallest absolute Gasteiger partial charge is 0.406 e. The van der Waals surface area contributed by atoms with Gasteiger partial charge in [-0.3, -0.25) is 9.79 Å². The van der Waals surface area contributed by atoms with Crippen molar-refractivity contribution in [2.75, 3.05) is 25.0 Å². The van der Waals surface area contributed by atoms with Crippen molar-refractivity contribution in [2.24, 2.45) is 4.99 Å². The zero-order valence-corrected chi connectivity index (χ0v) is 19.5. The van der Waals surface area contributed by atoms with E-state index < -0.39 is 6.36 Å². The van der Waals surface area contributed by atoms with Gasteiger partial charge in [-0.2, -0.15) is 0 Å². The maximum Gasteiger partial charge on any atom is 0.573 e. The van der Waals surface area contributed by atoms with Crippen LogP contribution in [0.5, 0.6) is 5.75 Å². The van der Waals surface area contributed by atoms with Crippen LogP contribution in [-0.4, -0.2) is 47.3 Å². The van der Waals surface area contributed by atoms with Crippen molar-refractivity contribution in [2.45, 2.75) is 37.9 Å². The van der Waals surface area contributed by atoms with Gasteiger partial charge in [-0.1, -0.05) is 22.0 Å². The lowest BCUT2D eigenvalue weighted by atomic mass is 10.0. The van der Waals surface area contributed by atoms with E-state index in [4.69, 9.17) is 0 Å². The van der Waals surface area contributed by atoms with Crippen LogP contribution < -0.4 is 10.1 Å². The fourth-order valence-corrected chi connectivity index (χ4v) is 3.95. The maximum atomic E-state index is 12.9. The summed E-state index contributed by atoms with van der Waals surface area (Å²) in [7, 11) is 0. The van der Waals surface area contributed by atoms with Crippen LogP contribution in [0.2, 0.25) is 0 Å². The Hall–Kier alpha value is -2.55. The summed E-state index contributed by atoms with van der Waals surface area (Å²) >= 11 is 3.60. The van der Waals surface area contributed by atoms with E-state index in [0.29, 0.717) is 28.3 Å². The molecule has 1 saturated heterocycles. The molecule has 3 rings (SSSR count). The number of likely N-dealkylation sites (tertiary alicyclic amines) is 1. The predicted molar refractivity (Wildman–Crippen MR) is 123 cm³/mol. The molecule has 1 aliphatic rings. The van der Waals surface area contributed by atoms with Crippen molar-refractivity contribution >= 4 is 38.9 Å². The Morgan fingerprint density at radius 2 is 1.84 bits per heavy atom. The second-order valence-electron chi connectivity index (χ2n) is 7.50. The number of benzene rings is 2. The Labute approximate surface area is 193 Å². The van der Waals surface area contributed by atoms with Crippen LogP contribution in [0.4, 0.5) is 24.5 Å². The number of hydrogen-bond donors (Lipinski definition) is 1. The Kier molecular flexibility index (Phi) is 7.82. The second-order valence-corrected chi connectivity index (χ2v) is 8.79. The number of carbonyl (C=O) groups excluding carboxylic acids is 1. The van der Waals surface area contributed by atoms with E-state index in [1.807, 2.05) is 30.9 Å². The first-order valence-electron chi connectivity index (χ1n) is 10.4. The SMILES string of the molecule is CCNc1cc(C(=O)N2CCC(Br)CC2)ccc1C(C)=Nc1ccc(OC(F)(F)F)cc1. The largest absolute Gasteiger partial charge is 0.573 e. The number of alkyl halides is 4. The topological polar surface area (TPSA) is 53.9 Å². The summed E-state index contributed by atoms with van der Waals surface area (Å²) in [5, 5.41) is 3.28. The van der Waals surface area contributed by atoms with Crippen molar-refractivity contribution in [1.82, 2.24) is 4.90 Å². The number of piperidine rings is 1. The molecule has 0 saturated carbocycles. The number of carbonyl (C=O) groups is 1. The lowest BCUT2D eigenvalue weighted by Crippen LogP contribution is -2.38. The van der Waals surface area contributed by atoms with E-state index in [1.54, 1.807) is 6.07 Å². The fraction of sp³-hybridized carbons (Fsp3) is 0.391. The average Bonchev–Trinajstić information content (AvgIpc) is 2.74. The molecular weight excluding hydrogens is 487 g/mol. The molecule has 0 bridgehead atoms. The van der Waals surface area contributed by atoms with Crippen LogP contribution in [-0.2, 0) is 0 Å². The van der Waals surface area contributed by atoms with Crippen LogP contribution in [0, 0.1) is 0 Å². The van der Waals surface area contributed by atoms with Crippen LogP contribution in [0.1, 0.15) is 42.6 Å². The van der Waals surface area contributed by atoms with Gasteiger partial charge in [-0.05, 0) is 63.1 Å². The predicted octanol–water partition coefficient (Wildman–Crippen LogP) is 6.16. The minimum absolute atomic E-state index is 0.00458. The third kappa shape index (κ3) is 6.48. The maximum absolute atomic E-state index is 12.9. The first-order chi connectivity index (χ1) is 15.2. The van der Waals surface area contributed by atoms with Gasteiger partial charge >= 0.3 is 6.36 Å². The zero-order valence-electron chi connectivity index (χ0n) is 17.9. The molecular formula is C23H25BrF3N3O2. The molecule has 9 heteroatoms. The number of ether oxygens (including phenoxy) is 1. The van der Waals surface area contributed by atoms with E-state index in [2.05, 4.69) is 31.0 Å². The van der Waals surface area contributed by atoms with E-state index >= 15 is 0 Å². The molecule has 0 radical (unpaired) electrons. The lowest BCUT2D eigenvalue weighted by molar-refractivity contribution is -0.274. The molecule has 2 aromatic carbocycles. The van der Waals surface area contributed by atoms with Crippen LogP contribution in [0.25, 0.3) is 0 Å². The number of nitrogens with one attached hydrogen (secondary N) is 1. The van der Waals surface area contributed by atoms with E-state index in [-0.39, 0.29) is 11.7 Å². The number of rotatable bonds is 6. The van der Waals surface area contributed by atoms with Gasteiger partial charge in [0, 0.05) is 47.0 Å². The van der Waals surface area contributed by atoms with Crippen LogP contribution >= 0.6 is 15.9 Å². The molecule has 0 aromatic heterocycles. The summed E-state index contributed by atoms with van der Waals surface area (Å²) in [6.07, 6.45) is -2.87. The first-order valence-corrected chi connectivity index (χ1v) is 11.3. The summed E-state index contributed by atoms with van der Waals surface area (Å²) in [6, 6.07) is 10.8. The van der Waals surface area contributed by atoms with Gasteiger partial charge in [0.15, 0.2) is 0 Å². The summed E-state index contributed by atoms with van der Waals surface area (Å²) in [5.41, 5.74) is 3.38. The van der Waals surface area contributed by atoms with Gasteiger partial charge in [0.05, 0.1) is 5.69 Å². The molecule has 1 fully saturated rings. The van der Waals surface area contributed by atoms with Gasteiger partial charge in [0.1, 0.15) is 5.75 Å². The standard InChI is InChI=1S/C23H25BrF3N3O2/c1-3-28-21-14-16(22(31)30-12-10-17(24)11-13-30)4-9-20(21)15(2)29-18-5-7-19(8-6-18)32-23(25,26)27/h4-9,14,17,28H,3,10-13H2,1-2H3. The fourth-order valence-electron chi connectivity index (χ4n) is 3.54. The molecule has 5 nitrogen and oxygen atoms in total. The molecule has 0 spiro atoms. The minimum Gasteiger partial charge on any atom is -0.406 e. The number of amides is 1. The number of halogens is 4. The molecule has 0 atom stereocenters. The highest BCUT2D eigenvalue weighted by Crippen LogP contribution is 2.27. The molecule has 2 aromatic rings. The van der Waals surface area contributed by atoms with Gasteiger partial charge in [-0.25, -0.2) is 0 Å². The first kappa shape index (κ1) is 24.1. The quantitative estimate of drug-likeness (QED) is 0.373. The van der Waals surface area contributed by atoms with E-state index in [0.717, 1.165) is 37.2 Å². The second kappa shape index (κ2) is 10.4. The van der Waals surface area contributed by atoms with E-state index in [9.17, 15) is 18.0 Å². The van der Waals surface area contributed by atoms with E-state index in [1.165, 1.54) is 24.3 Å². The lowest BCUT2D eigenvalue weighted by Gasteiger charge is -2.29. The van der Waals surface area contributed by atoms with Gasteiger partial charge in [-0.15, -0.1) is 13.2 Å². The third-order valence-electron chi connectivity index (χ3n) is 5.10. The normalized spacial score (nSPS) is 15.6. The van der Waals surface area contributed by atoms with Crippen molar-refractivity contribution in [3.63, 3.8) is 0 Å². The molecule has 1 heterocycles. The van der Waals surface area contributed by atoms with Crippen LogP contribution in [0.15, 0.2) is 47.5 Å². The van der Waals surface area contributed by atoms with Crippen molar-refractivity contribution < 1.29 is 22.7 Å². The molecule has 1 amide bonds. The zero-order chi connectivity index (χ0) is 23.3. The van der Waals surface area contributed by atoms with Crippen molar-refractivity contribution in [1.29, 1.82) is 0 Å². The molecule has 1 aliphatic heterocycles. The molecule has 32 heavy (non-hydrogen) atoms. The van der Waals surface area contributed by atoms with Crippen molar-refractivity contribution in [3.05, 3.63) is 53.6 Å². The summed E-state index contributed by atoms with van der Waals surface area (Å²) in [4.78, 5) is 19.8.